The van der Waals surface area contributed by atoms with E-state index in [4.69, 9.17) is 28.3 Å². The molecule has 0 aliphatic carbocycles. The molecule has 1 aromatic rings. The number of hydrogen-bond donors (Lipinski definition) is 1. The lowest BCUT2D eigenvalue weighted by Gasteiger charge is -2.17. The topological polar surface area (TPSA) is 57.6 Å². The Morgan fingerprint density at radius 3 is 2.67 bits per heavy atom. The molecule has 2 rings (SSSR count). The molecule has 0 aromatic heterocycles. The predicted molar refractivity (Wildman–Crippen MR) is 77.5 cm³/mol. The first-order valence-corrected chi connectivity index (χ1v) is 7.21. The third-order valence-electron chi connectivity index (χ3n) is 3.58. The Labute approximate surface area is 131 Å². The van der Waals surface area contributed by atoms with Crippen LogP contribution in [0.1, 0.15) is 18.4 Å². The highest BCUT2D eigenvalue weighted by Gasteiger charge is 2.46. The van der Waals surface area contributed by atoms with Crippen LogP contribution in [0.25, 0.3) is 0 Å². The molecule has 1 aromatic carbocycles. The van der Waals surface area contributed by atoms with Gasteiger partial charge >= 0.3 is 5.97 Å². The Balaban J connectivity index is 1.93. The maximum Gasteiger partial charge on any atom is 0.343 e. The number of carbonyl (C=O) groups excluding carboxylic acids is 1. The van der Waals surface area contributed by atoms with Gasteiger partial charge in [0.1, 0.15) is 0 Å². The van der Waals surface area contributed by atoms with E-state index in [1.807, 2.05) is 0 Å². The van der Waals surface area contributed by atoms with Gasteiger partial charge in [0.25, 0.3) is 0 Å². The lowest BCUT2D eigenvalue weighted by molar-refractivity contribution is -0.150. The van der Waals surface area contributed by atoms with Gasteiger partial charge in [-0.1, -0.05) is 29.3 Å². The first-order chi connectivity index (χ1) is 9.82. The predicted octanol–water partition coefficient (Wildman–Crippen LogP) is 2.95. The van der Waals surface area contributed by atoms with E-state index >= 15 is 0 Å². The zero-order chi connectivity index (χ0) is 15.6. The number of alkyl halides is 1. The van der Waals surface area contributed by atoms with E-state index in [1.165, 1.54) is 4.90 Å². The number of nitrogens with zero attached hydrogens (tertiary/aromatic N) is 1. The quantitative estimate of drug-likeness (QED) is 0.921. The Kier molecular flexibility index (Phi) is 4.74. The van der Waals surface area contributed by atoms with Crippen LogP contribution in [0.5, 0.6) is 0 Å². The normalized spacial score (nSPS) is 21.6. The molecule has 1 amide bonds. The van der Waals surface area contributed by atoms with Crippen molar-refractivity contribution in [1.82, 2.24) is 4.90 Å². The van der Waals surface area contributed by atoms with Gasteiger partial charge in [0.05, 0.1) is 6.54 Å². The summed E-state index contributed by atoms with van der Waals surface area (Å²) in [7, 11) is 0. The molecule has 4 nitrogen and oxygen atoms in total. The van der Waals surface area contributed by atoms with E-state index in [2.05, 4.69) is 0 Å². The summed E-state index contributed by atoms with van der Waals surface area (Å²) in [6.45, 7) is -0.272. The van der Waals surface area contributed by atoms with Crippen molar-refractivity contribution in [2.45, 2.75) is 24.9 Å². The maximum absolute atomic E-state index is 13.9. The standard InChI is InChI=1S/C14H14Cl2FNO3/c15-10-3-1-9(11(16)7-10)2-4-12(19)18-6-5-14(17,8-18)13(20)21/h1,3,7H,2,4-6,8H2,(H,20,21). The summed E-state index contributed by atoms with van der Waals surface area (Å²) < 4.78 is 13.9. The van der Waals surface area contributed by atoms with E-state index in [0.29, 0.717) is 16.5 Å². The fourth-order valence-electron chi connectivity index (χ4n) is 2.28. The molecule has 7 heteroatoms. The van der Waals surface area contributed by atoms with Crippen molar-refractivity contribution in [3.63, 3.8) is 0 Å². The Hall–Kier alpha value is -1.33. The van der Waals surface area contributed by atoms with E-state index in [0.717, 1.165) is 5.56 Å². The van der Waals surface area contributed by atoms with Crippen LogP contribution in [0.2, 0.25) is 10.0 Å². The summed E-state index contributed by atoms with van der Waals surface area (Å²) in [5.74, 6) is -1.79. The van der Waals surface area contributed by atoms with Gasteiger partial charge < -0.3 is 10.0 Å². The smallest absolute Gasteiger partial charge is 0.343 e. The van der Waals surface area contributed by atoms with Gasteiger partial charge in [-0.3, -0.25) is 4.79 Å². The molecule has 1 aliphatic heterocycles. The molecule has 1 unspecified atom stereocenters. The largest absolute Gasteiger partial charge is 0.479 e. The second-order valence-corrected chi connectivity index (χ2v) is 5.92. The monoisotopic (exact) mass is 333 g/mol. The summed E-state index contributed by atoms with van der Waals surface area (Å²) >= 11 is 11.8. The molecule has 1 aliphatic rings. The molecule has 1 N–H and O–H groups in total. The van der Waals surface area contributed by atoms with Gasteiger partial charge in [0.2, 0.25) is 11.6 Å². The average molecular weight is 334 g/mol. The van der Waals surface area contributed by atoms with Crippen LogP contribution >= 0.6 is 23.2 Å². The maximum atomic E-state index is 13.9. The highest BCUT2D eigenvalue weighted by Crippen LogP contribution is 2.27. The fourth-order valence-corrected chi connectivity index (χ4v) is 2.79. The van der Waals surface area contributed by atoms with Crippen LogP contribution in [-0.2, 0) is 16.0 Å². The Bertz CT molecular complexity index is 581. The van der Waals surface area contributed by atoms with Crippen LogP contribution in [0.15, 0.2) is 18.2 Å². The summed E-state index contributed by atoms with van der Waals surface area (Å²) in [5.41, 5.74) is -1.55. The molecule has 0 bridgehead atoms. The second-order valence-electron chi connectivity index (χ2n) is 5.07. The number of carboxylic acid groups (broad SMARTS) is 1. The van der Waals surface area contributed by atoms with Crippen LogP contribution in [0.3, 0.4) is 0 Å². The molecule has 114 valence electrons. The fraction of sp³-hybridized carbons (Fsp3) is 0.429. The van der Waals surface area contributed by atoms with E-state index < -0.39 is 18.2 Å². The highest BCUT2D eigenvalue weighted by molar-refractivity contribution is 6.35. The van der Waals surface area contributed by atoms with Crippen molar-refractivity contribution in [1.29, 1.82) is 0 Å². The van der Waals surface area contributed by atoms with E-state index in [1.54, 1.807) is 18.2 Å². The molecule has 0 saturated carbocycles. The zero-order valence-corrected chi connectivity index (χ0v) is 12.6. The van der Waals surface area contributed by atoms with Crippen molar-refractivity contribution in [3.05, 3.63) is 33.8 Å². The summed E-state index contributed by atoms with van der Waals surface area (Å²) in [4.78, 5) is 24.1. The summed E-state index contributed by atoms with van der Waals surface area (Å²) in [5, 5.41) is 9.79. The van der Waals surface area contributed by atoms with Gasteiger partial charge in [-0.05, 0) is 24.1 Å². The number of amides is 1. The number of aryl methyl sites for hydroxylation is 1. The van der Waals surface area contributed by atoms with Gasteiger partial charge in [0.15, 0.2) is 0 Å². The number of carbonyl (C=O) groups is 2. The highest BCUT2D eigenvalue weighted by atomic mass is 35.5. The number of hydrogen-bond acceptors (Lipinski definition) is 2. The van der Waals surface area contributed by atoms with Gasteiger partial charge in [-0.15, -0.1) is 0 Å². The minimum absolute atomic E-state index is 0.121. The number of rotatable bonds is 4. The number of likely N-dealkylation sites (tertiary alicyclic amines) is 1. The lowest BCUT2D eigenvalue weighted by Crippen LogP contribution is -2.38. The Morgan fingerprint density at radius 1 is 1.38 bits per heavy atom. The third-order valence-corrected chi connectivity index (χ3v) is 4.17. The number of aliphatic carboxylic acids is 1. The number of carboxylic acids is 1. The molecule has 1 saturated heterocycles. The lowest BCUT2D eigenvalue weighted by atomic mass is 10.1. The number of halogens is 3. The molecular weight excluding hydrogens is 320 g/mol. The number of benzene rings is 1. The SMILES string of the molecule is O=C(CCc1ccc(Cl)cc1Cl)N1CCC(F)(C(=O)O)C1. The molecular formula is C14H14Cl2FNO3. The molecule has 1 heterocycles. The van der Waals surface area contributed by atoms with Gasteiger partial charge in [-0.25, -0.2) is 9.18 Å². The second kappa shape index (κ2) is 6.20. The van der Waals surface area contributed by atoms with Crippen molar-refractivity contribution in [2.75, 3.05) is 13.1 Å². The Morgan fingerprint density at radius 2 is 2.10 bits per heavy atom. The van der Waals surface area contributed by atoms with Crippen LogP contribution in [0, 0.1) is 0 Å². The molecule has 0 spiro atoms. The molecule has 0 radical (unpaired) electrons. The van der Waals surface area contributed by atoms with Crippen molar-refractivity contribution >= 4 is 35.1 Å². The van der Waals surface area contributed by atoms with Crippen LogP contribution < -0.4 is 0 Å². The first kappa shape index (κ1) is 16.0. The van der Waals surface area contributed by atoms with E-state index in [9.17, 15) is 14.0 Å². The zero-order valence-electron chi connectivity index (χ0n) is 11.1. The average Bonchev–Trinajstić information content (AvgIpc) is 2.82. The van der Waals surface area contributed by atoms with Crippen molar-refractivity contribution < 1.29 is 19.1 Å². The minimum Gasteiger partial charge on any atom is -0.479 e. The molecule has 1 fully saturated rings. The molecule has 1 atom stereocenters. The summed E-state index contributed by atoms with van der Waals surface area (Å²) in [6, 6.07) is 5.01. The van der Waals surface area contributed by atoms with E-state index in [-0.39, 0.29) is 25.3 Å². The molecule has 21 heavy (non-hydrogen) atoms. The van der Waals surface area contributed by atoms with Crippen LogP contribution in [0.4, 0.5) is 4.39 Å². The summed E-state index contributed by atoms with van der Waals surface area (Å²) in [6.07, 6.45) is 0.379. The minimum atomic E-state index is -2.33. The van der Waals surface area contributed by atoms with Crippen molar-refractivity contribution in [3.8, 4) is 0 Å². The van der Waals surface area contributed by atoms with Gasteiger partial charge in [-0.2, -0.15) is 0 Å². The third kappa shape index (κ3) is 3.66. The van der Waals surface area contributed by atoms with Crippen LogP contribution in [-0.4, -0.2) is 40.6 Å². The van der Waals surface area contributed by atoms with Gasteiger partial charge in [0, 0.05) is 29.4 Å². The van der Waals surface area contributed by atoms with Crippen molar-refractivity contribution in [2.24, 2.45) is 0 Å². The first-order valence-electron chi connectivity index (χ1n) is 6.46.